The molecule has 2 saturated heterocycles. The lowest BCUT2D eigenvalue weighted by Crippen LogP contribution is -2.64. The van der Waals surface area contributed by atoms with Gasteiger partial charge in [0.2, 0.25) is 0 Å². The van der Waals surface area contributed by atoms with E-state index in [0.717, 1.165) is 60.9 Å². The Kier molecular flexibility index (Phi) is 6.84. The van der Waals surface area contributed by atoms with E-state index >= 15 is 0 Å². The monoisotopic (exact) mass is 586 g/mol. The number of carbonyl (C=O) groups excluding carboxylic acids is 2. The molecule has 2 aliphatic heterocycles. The van der Waals surface area contributed by atoms with Crippen molar-refractivity contribution in [3.05, 3.63) is 35.9 Å². The van der Waals surface area contributed by atoms with E-state index < -0.39 is 0 Å². The molecule has 6 nitrogen and oxygen atoms in total. The van der Waals surface area contributed by atoms with Crippen molar-refractivity contribution in [1.29, 1.82) is 0 Å². The van der Waals surface area contributed by atoms with E-state index in [2.05, 4.69) is 65.5 Å². The highest BCUT2D eigenvalue weighted by molar-refractivity contribution is 5.78. The van der Waals surface area contributed by atoms with E-state index in [1.807, 2.05) is 6.07 Å². The van der Waals surface area contributed by atoms with Crippen molar-refractivity contribution < 1.29 is 9.59 Å². The summed E-state index contributed by atoms with van der Waals surface area (Å²) in [6.07, 6.45) is 16.2. The number of carbonyl (C=O) groups is 2. The number of amides is 4. The van der Waals surface area contributed by atoms with E-state index in [9.17, 15) is 9.59 Å². The summed E-state index contributed by atoms with van der Waals surface area (Å²) in [5.41, 5.74) is 1.59. The first kappa shape index (κ1) is 28.2. The van der Waals surface area contributed by atoms with E-state index in [0.29, 0.717) is 12.1 Å². The summed E-state index contributed by atoms with van der Waals surface area (Å²) in [6, 6.07) is 11.9. The Balaban J connectivity index is 0.000000129. The maximum Gasteiger partial charge on any atom is 0.318 e. The molecule has 6 heteroatoms. The van der Waals surface area contributed by atoms with Crippen LogP contribution in [0.25, 0.3) is 0 Å². The fraction of sp³-hybridized carbons (Fsp3) is 0.784. The second kappa shape index (κ2) is 10.4. The predicted octanol–water partition coefficient (Wildman–Crippen LogP) is 7.36. The first-order chi connectivity index (χ1) is 20.6. The summed E-state index contributed by atoms with van der Waals surface area (Å²) in [5, 5.41) is 6.53. The molecule has 1 aromatic rings. The number of rotatable bonds is 3. The first-order valence-electron chi connectivity index (χ1n) is 17.8. The third kappa shape index (κ3) is 5.07. The molecule has 0 aromatic heterocycles. The molecule has 234 valence electrons. The van der Waals surface area contributed by atoms with Crippen LogP contribution in [0, 0.1) is 46.8 Å². The smallest absolute Gasteiger partial charge is 0.318 e. The van der Waals surface area contributed by atoms with Crippen LogP contribution >= 0.6 is 0 Å². The molecule has 4 amide bonds. The van der Waals surface area contributed by atoms with E-state index in [4.69, 9.17) is 0 Å². The van der Waals surface area contributed by atoms with Crippen LogP contribution < -0.4 is 10.6 Å². The summed E-state index contributed by atoms with van der Waals surface area (Å²) in [7, 11) is 0. The molecule has 11 rings (SSSR count). The van der Waals surface area contributed by atoms with Crippen LogP contribution in [0.15, 0.2) is 30.3 Å². The largest absolute Gasteiger partial charge is 0.335 e. The highest BCUT2D eigenvalue weighted by Gasteiger charge is 2.56. The zero-order valence-electron chi connectivity index (χ0n) is 26.8. The maximum absolute atomic E-state index is 12.7. The molecule has 10 fully saturated rings. The van der Waals surface area contributed by atoms with Crippen molar-refractivity contribution >= 4 is 12.1 Å². The zero-order valence-corrected chi connectivity index (χ0v) is 26.8. The van der Waals surface area contributed by atoms with Gasteiger partial charge in [-0.15, -0.1) is 0 Å². The molecule has 1 aromatic carbocycles. The molecule has 8 bridgehead atoms. The summed E-state index contributed by atoms with van der Waals surface area (Å²) < 4.78 is 0. The van der Waals surface area contributed by atoms with Crippen molar-refractivity contribution in [3.63, 3.8) is 0 Å². The van der Waals surface area contributed by atoms with Gasteiger partial charge >= 0.3 is 12.1 Å². The predicted molar refractivity (Wildman–Crippen MR) is 169 cm³/mol. The second-order valence-electron chi connectivity index (χ2n) is 17.4. The maximum atomic E-state index is 12.7. The second-order valence-corrected chi connectivity index (χ2v) is 17.4. The summed E-state index contributed by atoms with van der Waals surface area (Å²) in [5.74, 6) is 6.23. The lowest BCUT2D eigenvalue weighted by Gasteiger charge is -2.59. The Morgan fingerprint density at radius 2 is 1.28 bits per heavy atom. The molecular weight excluding hydrogens is 532 g/mol. The average molecular weight is 587 g/mol. The van der Waals surface area contributed by atoms with Gasteiger partial charge in [-0.3, -0.25) is 0 Å². The quantitative estimate of drug-likeness (QED) is 0.389. The van der Waals surface area contributed by atoms with Crippen LogP contribution in [-0.4, -0.2) is 52.6 Å². The Labute approximate surface area is 259 Å². The van der Waals surface area contributed by atoms with Crippen LogP contribution in [0.5, 0.6) is 0 Å². The van der Waals surface area contributed by atoms with Crippen LogP contribution in [0.1, 0.15) is 109 Å². The summed E-state index contributed by atoms with van der Waals surface area (Å²) >= 11 is 0. The van der Waals surface area contributed by atoms with Gasteiger partial charge in [-0.05, 0) is 129 Å². The topological polar surface area (TPSA) is 64.7 Å². The van der Waals surface area contributed by atoms with Gasteiger partial charge in [-0.2, -0.15) is 0 Å². The Morgan fingerprint density at radius 1 is 0.721 bits per heavy atom. The Hall–Kier alpha value is -2.24. The number of nitrogens with one attached hydrogen (secondary N) is 2. The Morgan fingerprint density at radius 3 is 1.81 bits per heavy atom. The summed E-state index contributed by atoms with van der Waals surface area (Å²) in [4.78, 5) is 29.8. The number of nitrogens with zero attached hydrogens (tertiary/aromatic N) is 2. The van der Waals surface area contributed by atoms with E-state index in [-0.39, 0.29) is 29.1 Å². The van der Waals surface area contributed by atoms with Gasteiger partial charge in [-0.1, -0.05) is 51.1 Å². The van der Waals surface area contributed by atoms with Crippen LogP contribution in [0.4, 0.5) is 9.59 Å². The molecule has 2 heterocycles. The summed E-state index contributed by atoms with van der Waals surface area (Å²) in [6.45, 7) is 8.53. The van der Waals surface area contributed by atoms with Crippen molar-refractivity contribution in [1.82, 2.24) is 20.4 Å². The number of benzene rings is 1. The lowest BCUT2D eigenvalue weighted by atomic mass is 9.52. The third-order valence-electron chi connectivity index (χ3n) is 13.5. The Bertz CT molecular complexity index is 1160. The number of hydrogen-bond donors (Lipinski definition) is 2. The fourth-order valence-corrected chi connectivity index (χ4v) is 12.2. The standard InChI is InChI=1S/C19H24N2O.C18H30N2O/c22-18-20-17(16-4-2-1-3-5-16)12-21(18)19-9-13-6-14(10-19)8-15(7-13)11-19;1-18(2,3)15-4-5-20(17(21)19-15)16-13-7-11-6-12(9-13)10-14(16)8-11/h1-5,13-15,17H,6-12H2,(H,20,22);11-16H,4-10H2,1-3H3,(H,19,21)/t13?,14?,15?,17-,19?;/m1./s1. The molecular formula is C37H54N4O2. The average Bonchev–Trinajstić information content (AvgIpc) is 3.35. The van der Waals surface area contributed by atoms with Gasteiger partial charge in [-0.25, -0.2) is 9.59 Å². The number of urea groups is 2. The molecule has 8 aliphatic carbocycles. The first-order valence-corrected chi connectivity index (χ1v) is 17.8. The molecule has 43 heavy (non-hydrogen) atoms. The van der Waals surface area contributed by atoms with Crippen molar-refractivity contribution in [3.8, 4) is 0 Å². The van der Waals surface area contributed by atoms with Gasteiger partial charge in [0.05, 0.1) is 6.04 Å². The van der Waals surface area contributed by atoms with Crippen molar-refractivity contribution in [2.24, 2.45) is 46.8 Å². The molecule has 10 aliphatic rings. The molecule has 2 atom stereocenters. The fourth-order valence-electron chi connectivity index (χ4n) is 12.2. The highest BCUT2D eigenvalue weighted by atomic mass is 16.2. The molecule has 0 spiro atoms. The van der Waals surface area contributed by atoms with Gasteiger partial charge < -0.3 is 20.4 Å². The SMILES string of the molecule is CC(C)(C)C1CCN(C2C3CC4CC(C3)CC2C4)C(=O)N1.O=C1N[C@@H](c2ccccc2)CN1C12CC3CC(CC(C3)C1)C2. The molecule has 1 unspecified atom stereocenters. The van der Waals surface area contributed by atoms with E-state index in [1.54, 1.807) is 0 Å². The number of hydrogen-bond acceptors (Lipinski definition) is 2. The van der Waals surface area contributed by atoms with Gasteiger partial charge in [0.1, 0.15) is 0 Å². The minimum Gasteiger partial charge on any atom is -0.335 e. The highest BCUT2D eigenvalue weighted by Crippen LogP contribution is 2.59. The van der Waals surface area contributed by atoms with Gasteiger partial charge in [0, 0.05) is 30.7 Å². The molecule has 0 radical (unpaired) electrons. The van der Waals surface area contributed by atoms with Crippen LogP contribution in [-0.2, 0) is 0 Å². The van der Waals surface area contributed by atoms with Crippen molar-refractivity contribution in [2.75, 3.05) is 13.1 Å². The minimum atomic E-state index is 0.168. The lowest BCUT2D eigenvalue weighted by molar-refractivity contribution is -0.0651. The van der Waals surface area contributed by atoms with Crippen molar-refractivity contribution in [2.45, 2.75) is 121 Å². The van der Waals surface area contributed by atoms with Gasteiger partial charge in [0.25, 0.3) is 0 Å². The normalized spacial score (nSPS) is 44.3. The zero-order chi connectivity index (χ0) is 29.5. The minimum absolute atomic E-state index is 0.168. The third-order valence-corrected chi connectivity index (χ3v) is 13.5. The molecule has 8 saturated carbocycles. The van der Waals surface area contributed by atoms with Crippen LogP contribution in [0.3, 0.4) is 0 Å². The van der Waals surface area contributed by atoms with Crippen LogP contribution in [0.2, 0.25) is 0 Å². The van der Waals surface area contributed by atoms with Gasteiger partial charge in [0.15, 0.2) is 0 Å². The van der Waals surface area contributed by atoms with E-state index in [1.165, 1.54) is 76.2 Å². The molecule has 2 N–H and O–H groups in total.